The summed E-state index contributed by atoms with van der Waals surface area (Å²) >= 11 is 2.73. The number of amides is 1. The number of benzene rings is 2. The number of hydrogen-bond donors (Lipinski definition) is 1. The van der Waals surface area contributed by atoms with Gasteiger partial charge in [0.15, 0.2) is 0 Å². The van der Waals surface area contributed by atoms with E-state index in [2.05, 4.69) is 20.5 Å². The van der Waals surface area contributed by atoms with Crippen molar-refractivity contribution in [1.29, 1.82) is 0 Å². The summed E-state index contributed by atoms with van der Waals surface area (Å²) in [7, 11) is 0. The molecule has 0 fully saturated rings. The van der Waals surface area contributed by atoms with Crippen molar-refractivity contribution < 1.29 is 18.0 Å². The van der Waals surface area contributed by atoms with E-state index in [1.54, 1.807) is 11.3 Å². The first-order valence-electron chi connectivity index (χ1n) is 9.07. The minimum atomic E-state index is -0.697. The van der Waals surface area contributed by atoms with E-state index in [0.29, 0.717) is 18.7 Å². The lowest BCUT2D eigenvalue weighted by atomic mass is 10.2. The second-order valence-electron chi connectivity index (χ2n) is 6.34. The number of para-hydroxylation sites is 1. The number of thiazole rings is 1. The van der Waals surface area contributed by atoms with Crippen LogP contribution in [0.15, 0.2) is 52.1 Å². The van der Waals surface area contributed by atoms with Crippen LogP contribution in [-0.2, 0) is 24.2 Å². The predicted molar refractivity (Wildman–Crippen MR) is 110 cm³/mol. The number of halogens is 2. The van der Waals surface area contributed by atoms with Crippen LogP contribution in [0.3, 0.4) is 0 Å². The molecule has 2 heterocycles. The average molecular weight is 447 g/mol. The zero-order valence-electron chi connectivity index (χ0n) is 15.6. The molecule has 0 aliphatic heterocycles. The van der Waals surface area contributed by atoms with Crippen molar-refractivity contribution in [2.75, 3.05) is 5.75 Å². The van der Waals surface area contributed by atoms with Crippen LogP contribution >= 0.6 is 23.1 Å². The first-order valence-corrected chi connectivity index (χ1v) is 10.9. The van der Waals surface area contributed by atoms with E-state index in [0.717, 1.165) is 39.1 Å². The molecular formula is C20H16F2N4O2S2. The zero-order valence-corrected chi connectivity index (χ0v) is 17.2. The molecule has 6 nitrogen and oxygen atoms in total. The van der Waals surface area contributed by atoms with Crippen molar-refractivity contribution in [3.05, 3.63) is 70.6 Å². The summed E-state index contributed by atoms with van der Waals surface area (Å²) in [5, 5.41) is 11.8. The fourth-order valence-corrected chi connectivity index (χ4v) is 4.25. The van der Waals surface area contributed by atoms with Crippen molar-refractivity contribution in [2.24, 2.45) is 0 Å². The third-order valence-electron chi connectivity index (χ3n) is 4.16. The molecule has 0 saturated carbocycles. The smallest absolute Gasteiger partial charge is 0.277 e. The number of carbonyl (C=O) groups is 1. The van der Waals surface area contributed by atoms with Crippen molar-refractivity contribution in [3.63, 3.8) is 0 Å². The fourth-order valence-electron chi connectivity index (χ4n) is 2.68. The van der Waals surface area contributed by atoms with Gasteiger partial charge in [-0.25, -0.2) is 13.8 Å². The Balaban J connectivity index is 1.23. The highest BCUT2D eigenvalue weighted by molar-refractivity contribution is 7.99. The number of rotatable bonds is 8. The van der Waals surface area contributed by atoms with Gasteiger partial charge in [0, 0.05) is 31.0 Å². The predicted octanol–water partition coefficient (Wildman–Crippen LogP) is 4.15. The third-order valence-corrected chi connectivity index (χ3v) is 6.07. The van der Waals surface area contributed by atoms with Gasteiger partial charge in [-0.05, 0) is 18.2 Å². The molecule has 154 valence electrons. The number of fused-ring (bicyclic) bond motifs is 1. The van der Waals surface area contributed by atoms with Gasteiger partial charge in [-0.2, -0.15) is 0 Å². The van der Waals surface area contributed by atoms with Gasteiger partial charge in [0.2, 0.25) is 11.8 Å². The number of hydrogen-bond acceptors (Lipinski definition) is 7. The van der Waals surface area contributed by atoms with E-state index in [1.165, 1.54) is 6.07 Å². The van der Waals surface area contributed by atoms with Crippen LogP contribution in [0.1, 0.15) is 16.5 Å². The van der Waals surface area contributed by atoms with Crippen molar-refractivity contribution in [2.45, 2.75) is 24.6 Å². The van der Waals surface area contributed by atoms with E-state index in [9.17, 15) is 13.6 Å². The Kier molecular flexibility index (Phi) is 6.34. The Morgan fingerprint density at radius 2 is 2.00 bits per heavy atom. The topological polar surface area (TPSA) is 80.9 Å². The van der Waals surface area contributed by atoms with E-state index >= 15 is 0 Å². The Hall–Kier alpha value is -2.85. The minimum absolute atomic E-state index is 0.0250. The van der Waals surface area contributed by atoms with E-state index < -0.39 is 11.6 Å². The van der Waals surface area contributed by atoms with Gasteiger partial charge in [0.25, 0.3) is 5.22 Å². The maximum absolute atomic E-state index is 13.6. The second kappa shape index (κ2) is 9.31. The number of thioether (sulfide) groups is 1. The summed E-state index contributed by atoms with van der Waals surface area (Å²) in [6.07, 6.45) is 1.25. The standard InChI is InChI=1S/C20H16F2N4O2S2/c21-13-6-5-12(14(22)9-13)10-23-17(27)11-29-20-26-25-18(28-20)7-8-19-24-15-3-1-2-4-16(15)30-19/h1-6,9H,7-8,10-11H2,(H,23,27). The summed E-state index contributed by atoms with van der Waals surface area (Å²) in [6.45, 7) is -0.0250. The molecule has 4 aromatic rings. The van der Waals surface area contributed by atoms with Gasteiger partial charge < -0.3 is 9.73 Å². The molecule has 30 heavy (non-hydrogen) atoms. The quantitative estimate of drug-likeness (QED) is 0.410. The Morgan fingerprint density at radius 3 is 2.83 bits per heavy atom. The van der Waals surface area contributed by atoms with Crippen LogP contribution in [0.2, 0.25) is 0 Å². The highest BCUT2D eigenvalue weighted by Gasteiger charge is 2.12. The normalized spacial score (nSPS) is 11.1. The monoisotopic (exact) mass is 446 g/mol. The fraction of sp³-hybridized carbons (Fsp3) is 0.200. The second-order valence-corrected chi connectivity index (χ2v) is 8.38. The number of nitrogens with zero attached hydrogens (tertiary/aromatic N) is 3. The van der Waals surface area contributed by atoms with Gasteiger partial charge in [0.05, 0.1) is 21.0 Å². The summed E-state index contributed by atoms with van der Waals surface area (Å²) in [5.41, 5.74) is 1.19. The lowest BCUT2D eigenvalue weighted by molar-refractivity contribution is -0.118. The van der Waals surface area contributed by atoms with E-state index in [1.807, 2.05) is 24.3 Å². The Bertz CT molecular complexity index is 1150. The third kappa shape index (κ3) is 5.19. The molecular weight excluding hydrogens is 430 g/mol. The number of aryl methyl sites for hydroxylation is 2. The van der Waals surface area contributed by atoms with Gasteiger partial charge in [0.1, 0.15) is 11.6 Å². The van der Waals surface area contributed by atoms with Gasteiger partial charge >= 0.3 is 0 Å². The Labute approximate surface area is 178 Å². The average Bonchev–Trinajstić information content (AvgIpc) is 3.36. The highest BCUT2D eigenvalue weighted by Crippen LogP contribution is 2.23. The summed E-state index contributed by atoms with van der Waals surface area (Å²) in [5.74, 6) is -1.16. The summed E-state index contributed by atoms with van der Waals surface area (Å²) in [6, 6.07) is 11.2. The molecule has 0 radical (unpaired) electrons. The van der Waals surface area contributed by atoms with Gasteiger partial charge in [-0.1, -0.05) is 30.0 Å². The highest BCUT2D eigenvalue weighted by atomic mass is 32.2. The number of aromatic nitrogens is 3. The molecule has 0 aliphatic carbocycles. The lowest BCUT2D eigenvalue weighted by Crippen LogP contribution is -2.25. The van der Waals surface area contributed by atoms with Crippen LogP contribution in [0.4, 0.5) is 8.78 Å². The van der Waals surface area contributed by atoms with Crippen molar-refractivity contribution >= 4 is 39.2 Å². The molecule has 1 N–H and O–H groups in total. The van der Waals surface area contributed by atoms with Gasteiger partial charge in [-0.3, -0.25) is 4.79 Å². The molecule has 0 aliphatic rings. The van der Waals surface area contributed by atoms with E-state index in [-0.39, 0.29) is 29.0 Å². The van der Waals surface area contributed by atoms with Crippen LogP contribution < -0.4 is 5.32 Å². The molecule has 0 bridgehead atoms. The molecule has 1 amide bonds. The van der Waals surface area contributed by atoms with Crippen LogP contribution in [-0.4, -0.2) is 26.8 Å². The van der Waals surface area contributed by atoms with Gasteiger partial charge in [-0.15, -0.1) is 21.5 Å². The Morgan fingerprint density at radius 1 is 1.13 bits per heavy atom. The molecule has 2 aromatic carbocycles. The minimum Gasteiger partial charge on any atom is -0.416 e. The largest absolute Gasteiger partial charge is 0.416 e. The summed E-state index contributed by atoms with van der Waals surface area (Å²) < 4.78 is 33.2. The maximum atomic E-state index is 13.6. The molecule has 0 atom stereocenters. The first-order chi connectivity index (χ1) is 14.6. The van der Waals surface area contributed by atoms with E-state index in [4.69, 9.17) is 4.42 Å². The number of carbonyl (C=O) groups excluding carboxylic acids is 1. The number of nitrogens with one attached hydrogen (secondary N) is 1. The molecule has 0 unspecified atom stereocenters. The zero-order chi connectivity index (χ0) is 20.9. The van der Waals surface area contributed by atoms with Crippen LogP contribution in [0, 0.1) is 11.6 Å². The van der Waals surface area contributed by atoms with Crippen molar-refractivity contribution in [1.82, 2.24) is 20.5 Å². The maximum Gasteiger partial charge on any atom is 0.277 e. The molecule has 10 heteroatoms. The van der Waals surface area contributed by atoms with Crippen molar-refractivity contribution in [3.8, 4) is 0 Å². The molecule has 4 rings (SSSR count). The van der Waals surface area contributed by atoms with Crippen LogP contribution in [0.25, 0.3) is 10.2 Å². The molecule has 2 aromatic heterocycles. The first kappa shape index (κ1) is 20.4. The molecule has 0 spiro atoms. The summed E-state index contributed by atoms with van der Waals surface area (Å²) in [4.78, 5) is 16.5. The lowest BCUT2D eigenvalue weighted by Gasteiger charge is -2.05. The molecule has 0 saturated heterocycles. The SMILES string of the molecule is O=C(CSc1nnc(CCc2nc3ccccc3s2)o1)NCc1ccc(F)cc1F. The van der Waals surface area contributed by atoms with Crippen LogP contribution in [0.5, 0.6) is 0 Å².